The summed E-state index contributed by atoms with van der Waals surface area (Å²) in [7, 11) is 0. The molecule has 0 aliphatic heterocycles. The van der Waals surface area contributed by atoms with Crippen molar-refractivity contribution in [2.75, 3.05) is 6.61 Å². The van der Waals surface area contributed by atoms with Crippen molar-refractivity contribution in [3.05, 3.63) is 29.6 Å². The van der Waals surface area contributed by atoms with Crippen molar-refractivity contribution < 1.29 is 9.13 Å². The molecule has 0 saturated heterocycles. The molecular weight excluding hydrogens is 229 g/mol. The van der Waals surface area contributed by atoms with Gasteiger partial charge in [-0.2, -0.15) is 0 Å². The number of rotatable bonds is 5. The van der Waals surface area contributed by atoms with Crippen molar-refractivity contribution in [1.29, 1.82) is 0 Å². The van der Waals surface area contributed by atoms with Gasteiger partial charge in [0.1, 0.15) is 11.6 Å². The van der Waals surface area contributed by atoms with Crippen LogP contribution in [0, 0.1) is 11.7 Å². The van der Waals surface area contributed by atoms with Gasteiger partial charge in [-0.1, -0.05) is 0 Å². The van der Waals surface area contributed by atoms with Gasteiger partial charge >= 0.3 is 0 Å². The zero-order valence-electron chi connectivity index (χ0n) is 9.17. The Balaban J connectivity index is 2.07. The van der Waals surface area contributed by atoms with Crippen LogP contribution in [0.15, 0.2) is 18.2 Å². The van der Waals surface area contributed by atoms with Gasteiger partial charge in [-0.3, -0.25) is 0 Å². The van der Waals surface area contributed by atoms with E-state index < -0.39 is 0 Å². The molecule has 0 bridgehead atoms. The predicted molar refractivity (Wildman–Crippen MR) is 62.0 cm³/mol. The highest BCUT2D eigenvalue weighted by Gasteiger charge is 2.22. The number of hydrogen-bond donors (Lipinski definition) is 1. The Hall–Kier alpha value is -0.800. The fourth-order valence-corrected chi connectivity index (χ4v) is 1.61. The van der Waals surface area contributed by atoms with Crippen molar-refractivity contribution in [1.82, 2.24) is 4.84 Å². The minimum atomic E-state index is -0.290. The maximum Gasteiger partial charge on any atom is 0.127 e. The summed E-state index contributed by atoms with van der Waals surface area (Å²) in [6, 6.07) is 4.60. The summed E-state index contributed by atoms with van der Waals surface area (Å²) in [5.74, 6) is 0.957. The second-order valence-electron chi connectivity index (χ2n) is 4.31. The lowest BCUT2D eigenvalue weighted by Crippen LogP contribution is -2.08. The third-order valence-electron chi connectivity index (χ3n) is 2.74. The topological polar surface area (TPSA) is 21.3 Å². The minimum Gasteiger partial charge on any atom is -0.493 e. The Morgan fingerprint density at radius 2 is 2.25 bits per heavy atom. The first kappa shape index (κ1) is 11.7. The molecular formula is C12H15ClFNO. The number of halogens is 2. The summed E-state index contributed by atoms with van der Waals surface area (Å²) in [5.41, 5.74) is 0.792. The molecule has 16 heavy (non-hydrogen) atoms. The maximum atomic E-state index is 13.3. The predicted octanol–water partition coefficient (Wildman–Crippen LogP) is 3.42. The van der Waals surface area contributed by atoms with E-state index in [1.54, 1.807) is 0 Å². The van der Waals surface area contributed by atoms with Gasteiger partial charge in [0.15, 0.2) is 0 Å². The van der Waals surface area contributed by atoms with Gasteiger partial charge in [0.05, 0.1) is 6.61 Å². The molecule has 2 nitrogen and oxygen atoms in total. The molecule has 2 rings (SSSR count). The third kappa shape index (κ3) is 3.09. The summed E-state index contributed by atoms with van der Waals surface area (Å²) < 4.78 is 18.8. The summed E-state index contributed by atoms with van der Waals surface area (Å²) in [6.07, 6.45) is 2.45. The van der Waals surface area contributed by atoms with Crippen molar-refractivity contribution in [3.63, 3.8) is 0 Å². The summed E-state index contributed by atoms with van der Waals surface area (Å²) >= 11 is 5.52. The highest BCUT2D eigenvalue weighted by Crippen LogP contribution is 2.30. The Morgan fingerprint density at radius 3 is 2.88 bits per heavy atom. The van der Waals surface area contributed by atoms with Crippen LogP contribution in [0.1, 0.15) is 31.4 Å². The first-order chi connectivity index (χ1) is 7.69. The average Bonchev–Trinajstić information content (AvgIpc) is 3.08. The van der Waals surface area contributed by atoms with E-state index in [9.17, 15) is 4.39 Å². The fourth-order valence-electron chi connectivity index (χ4n) is 1.48. The molecule has 0 aromatic heterocycles. The molecule has 0 radical (unpaired) electrons. The second-order valence-corrected chi connectivity index (χ2v) is 4.52. The van der Waals surface area contributed by atoms with Crippen LogP contribution in [0.4, 0.5) is 4.39 Å². The highest BCUT2D eigenvalue weighted by atomic mass is 35.5. The molecule has 0 spiro atoms. The quantitative estimate of drug-likeness (QED) is 0.801. The molecule has 1 fully saturated rings. The number of nitrogens with one attached hydrogen (secondary N) is 1. The van der Waals surface area contributed by atoms with Crippen LogP contribution >= 0.6 is 11.8 Å². The fraction of sp³-hybridized carbons (Fsp3) is 0.500. The molecule has 1 aromatic rings. The molecule has 4 heteroatoms. The van der Waals surface area contributed by atoms with Crippen LogP contribution in [0.25, 0.3) is 0 Å². The van der Waals surface area contributed by atoms with Gasteiger partial charge in [0.2, 0.25) is 0 Å². The zero-order valence-corrected chi connectivity index (χ0v) is 9.93. The lowest BCUT2D eigenvalue weighted by Gasteiger charge is -2.12. The molecule has 0 amide bonds. The van der Waals surface area contributed by atoms with Gasteiger partial charge in [-0.15, -0.1) is 0 Å². The average molecular weight is 244 g/mol. The van der Waals surface area contributed by atoms with E-state index in [4.69, 9.17) is 16.5 Å². The van der Waals surface area contributed by atoms with Crippen molar-refractivity contribution in [2.45, 2.75) is 25.8 Å². The lowest BCUT2D eigenvalue weighted by atomic mass is 10.1. The van der Waals surface area contributed by atoms with E-state index in [-0.39, 0.29) is 11.9 Å². The first-order valence-corrected chi connectivity index (χ1v) is 5.86. The van der Waals surface area contributed by atoms with Gasteiger partial charge in [0, 0.05) is 12.1 Å². The summed E-state index contributed by atoms with van der Waals surface area (Å²) in [6.45, 7) is 2.55. The maximum absolute atomic E-state index is 13.3. The Morgan fingerprint density at radius 1 is 1.50 bits per heavy atom. The van der Waals surface area contributed by atoms with Crippen LogP contribution in [0.3, 0.4) is 0 Å². The molecule has 1 aliphatic carbocycles. The largest absolute Gasteiger partial charge is 0.493 e. The molecule has 1 aliphatic rings. The Labute approximate surface area is 99.9 Å². The van der Waals surface area contributed by atoms with Crippen LogP contribution in [0.5, 0.6) is 5.75 Å². The Kier molecular flexibility index (Phi) is 3.66. The SMILES string of the molecule is C[C@H](NCl)c1cc(F)cc(OCC2CC2)c1. The van der Waals surface area contributed by atoms with Gasteiger partial charge in [0.25, 0.3) is 0 Å². The van der Waals surface area contributed by atoms with E-state index in [1.807, 2.05) is 13.0 Å². The van der Waals surface area contributed by atoms with Crippen molar-refractivity contribution in [2.24, 2.45) is 5.92 Å². The molecule has 1 N–H and O–H groups in total. The van der Waals surface area contributed by atoms with E-state index in [0.717, 1.165) is 5.56 Å². The van der Waals surface area contributed by atoms with E-state index in [0.29, 0.717) is 18.3 Å². The zero-order chi connectivity index (χ0) is 11.5. The van der Waals surface area contributed by atoms with Gasteiger partial charge in [-0.05, 0) is 55.2 Å². The number of benzene rings is 1. The minimum absolute atomic E-state index is 0.0966. The second kappa shape index (κ2) is 5.02. The van der Waals surface area contributed by atoms with Crippen molar-refractivity contribution in [3.8, 4) is 5.75 Å². The number of hydrogen-bond acceptors (Lipinski definition) is 2. The smallest absolute Gasteiger partial charge is 0.127 e. The number of ether oxygens (including phenoxy) is 1. The van der Waals surface area contributed by atoms with Crippen LogP contribution in [-0.4, -0.2) is 6.61 Å². The van der Waals surface area contributed by atoms with Crippen LogP contribution in [-0.2, 0) is 0 Å². The van der Waals surface area contributed by atoms with Crippen LogP contribution in [0.2, 0.25) is 0 Å². The van der Waals surface area contributed by atoms with E-state index in [2.05, 4.69) is 4.84 Å². The van der Waals surface area contributed by atoms with Gasteiger partial charge < -0.3 is 4.74 Å². The van der Waals surface area contributed by atoms with Gasteiger partial charge in [-0.25, -0.2) is 9.23 Å². The molecule has 1 aromatic carbocycles. The van der Waals surface area contributed by atoms with Crippen LogP contribution < -0.4 is 9.57 Å². The standard InChI is InChI=1S/C12H15ClFNO/c1-8(15-13)10-4-11(14)6-12(5-10)16-7-9-2-3-9/h4-6,8-9,15H,2-3,7H2,1H3/t8-/m0/s1. The monoisotopic (exact) mass is 243 g/mol. The molecule has 0 heterocycles. The summed E-state index contributed by atoms with van der Waals surface area (Å²) in [4.78, 5) is 2.56. The first-order valence-electron chi connectivity index (χ1n) is 5.48. The highest BCUT2D eigenvalue weighted by molar-refractivity contribution is 6.13. The third-order valence-corrected chi connectivity index (χ3v) is 3.07. The molecule has 1 saturated carbocycles. The molecule has 0 unspecified atom stereocenters. The van der Waals surface area contributed by atoms with Crippen molar-refractivity contribution >= 4 is 11.8 Å². The van der Waals surface area contributed by atoms with E-state index >= 15 is 0 Å². The molecule has 88 valence electrons. The Bertz CT molecular complexity index is 368. The normalized spacial score (nSPS) is 17.2. The van der Waals surface area contributed by atoms with E-state index in [1.165, 1.54) is 25.0 Å². The summed E-state index contributed by atoms with van der Waals surface area (Å²) in [5, 5.41) is 0. The molecule has 1 atom stereocenters. The lowest BCUT2D eigenvalue weighted by molar-refractivity contribution is 0.298.